The first kappa shape index (κ1) is 11.1. The van der Waals surface area contributed by atoms with Crippen LogP contribution >= 0.6 is 15.9 Å². The molecule has 1 amide bonds. The molecule has 1 aliphatic heterocycles. The molecule has 1 fully saturated rings. The van der Waals surface area contributed by atoms with Gasteiger partial charge in [-0.05, 0) is 28.1 Å². The molecule has 16 heavy (non-hydrogen) atoms. The van der Waals surface area contributed by atoms with Gasteiger partial charge >= 0.3 is 0 Å². The van der Waals surface area contributed by atoms with Crippen LogP contribution in [-0.4, -0.2) is 25.3 Å². The number of hydrogen-bond donors (Lipinski definition) is 0. The van der Waals surface area contributed by atoms with Gasteiger partial charge in [-0.25, -0.2) is 0 Å². The molecule has 0 aliphatic carbocycles. The second kappa shape index (κ2) is 4.25. The highest BCUT2D eigenvalue weighted by Gasteiger charge is 2.30. The minimum absolute atomic E-state index is 0.0103. The molecule has 1 aromatic carbocycles. The standard InChI is InChI=1S/C11H10BrNO3/c1-16-9-4-2-3-8(11(9)12)13-6-7(14)5-10(13)15/h2-4H,5-6H2,1H3. The maximum Gasteiger partial charge on any atom is 0.234 e. The summed E-state index contributed by atoms with van der Waals surface area (Å²) < 4.78 is 5.83. The van der Waals surface area contributed by atoms with E-state index in [2.05, 4.69) is 15.9 Å². The van der Waals surface area contributed by atoms with E-state index in [4.69, 9.17) is 4.74 Å². The van der Waals surface area contributed by atoms with Crippen molar-refractivity contribution in [1.82, 2.24) is 0 Å². The number of amides is 1. The Morgan fingerprint density at radius 2 is 2.12 bits per heavy atom. The number of benzene rings is 1. The van der Waals surface area contributed by atoms with Crippen LogP contribution < -0.4 is 9.64 Å². The Morgan fingerprint density at radius 1 is 1.38 bits per heavy atom. The lowest BCUT2D eigenvalue weighted by Gasteiger charge is -2.17. The van der Waals surface area contributed by atoms with E-state index < -0.39 is 0 Å². The fourth-order valence-electron chi connectivity index (χ4n) is 1.67. The zero-order valence-electron chi connectivity index (χ0n) is 8.70. The van der Waals surface area contributed by atoms with Crippen molar-refractivity contribution in [3.05, 3.63) is 22.7 Å². The number of nitrogens with zero attached hydrogens (tertiary/aromatic N) is 1. The first-order valence-corrected chi connectivity index (χ1v) is 5.57. The number of Topliss-reactive ketones (excluding diaryl/α,β-unsaturated/α-hetero) is 1. The van der Waals surface area contributed by atoms with Crippen molar-refractivity contribution in [3.63, 3.8) is 0 Å². The van der Waals surface area contributed by atoms with E-state index in [-0.39, 0.29) is 24.7 Å². The summed E-state index contributed by atoms with van der Waals surface area (Å²) in [5.74, 6) is 0.420. The van der Waals surface area contributed by atoms with Crippen LogP contribution in [0.1, 0.15) is 6.42 Å². The van der Waals surface area contributed by atoms with Gasteiger partial charge < -0.3 is 9.64 Å². The van der Waals surface area contributed by atoms with Crippen LogP contribution in [0.3, 0.4) is 0 Å². The Morgan fingerprint density at radius 3 is 2.69 bits per heavy atom. The summed E-state index contributed by atoms with van der Waals surface area (Å²) in [7, 11) is 1.56. The molecule has 0 N–H and O–H groups in total. The van der Waals surface area contributed by atoms with Crippen molar-refractivity contribution >= 4 is 33.3 Å². The lowest BCUT2D eigenvalue weighted by Crippen LogP contribution is -2.24. The van der Waals surface area contributed by atoms with Crippen molar-refractivity contribution in [2.24, 2.45) is 0 Å². The molecule has 84 valence electrons. The smallest absolute Gasteiger partial charge is 0.234 e. The molecule has 0 saturated carbocycles. The summed E-state index contributed by atoms with van der Waals surface area (Å²) in [6.07, 6.45) is -0.0103. The molecule has 0 unspecified atom stereocenters. The van der Waals surface area contributed by atoms with Gasteiger partial charge in [0.2, 0.25) is 5.91 Å². The van der Waals surface area contributed by atoms with Gasteiger partial charge in [-0.15, -0.1) is 0 Å². The predicted octanol–water partition coefficient (Wildman–Crippen LogP) is 1.76. The molecule has 4 nitrogen and oxygen atoms in total. The molecule has 1 saturated heterocycles. The van der Waals surface area contributed by atoms with E-state index >= 15 is 0 Å². The Kier molecular flexibility index (Phi) is 2.96. The zero-order chi connectivity index (χ0) is 11.7. The number of hydrogen-bond acceptors (Lipinski definition) is 3. The van der Waals surface area contributed by atoms with Crippen LogP contribution in [0.4, 0.5) is 5.69 Å². The fourth-order valence-corrected chi connectivity index (χ4v) is 2.31. The molecule has 0 radical (unpaired) electrons. The molecule has 1 aliphatic rings. The topological polar surface area (TPSA) is 46.6 Å². The highest BCUT2D eigenvalue weighted by atomic mass is 79.9. The van der Waals surface area contributed by atoms with Crippen LogP contribution in [-0.2, 0) is 9.59 Å². The summed E-state index contributed by atoms with van der Waals surface area (Å²) in [6.45, 7) is 0.143. The van der Waals surface area contributed by atoms with Gasteiger partial charge in [-0.1, -0.05) is 6.07 Å². The van der Waals surface area contributed by atoms with E-state index in [0.29, 0.717) is 15.9 Å². The lowest BCUT2D eigenvalue weighted by atomic mass is 10.3. The first-order valence-electron chi connectivity index (χ1n) is 4.78. The Hall–Kier alpha value is -1.36. The van der Waals surface area contributed by atoms with E-state index in [1.165, 1.54) is 4.90 Å². The number of rotatable bonds is 2. The fraction of sp³-hybridized carbons (Fsp3) is 0.273. The van der Waals surface area contributed by atoms with E-state index in [9.17, 15) is 9.59 Å². The third-order valence-corrected chi connectivity index (χ3v) is 3.23. The quantitative estimate of drug-likeness (QED) is 0.777. The number of halogens is 1. The molecule has 5 heteroatoms. The number of ketones is 1. The second-order valence-corrected chi connectivity index (χ2v) is 4.28. The molecule has 0 bridgehead atoms. The van der Waals surface area contributed by atoms with Gasteiger partial charge in [-0.2, -0.15) is 0 Å². The number of carbonyl (C=O) groups excluding carboxylic acids is 2. The maximum atomic E-state index is 11.6. The number of anilines is 1. The molecular weight excluding hydrogens is 274 g/mol. The highest BCUT2D eigenvalue weighted by Crippen LogP contribution is 2.35. The first-order chi connectivity index (χ1) is 7.63. The van der Waals surface area contributed by atoms with Crippen molar-refractivity contribution in [1.29, 1.82) is 0 Å². The summed E-state index contributed by atoms with van der Waals surface area (Å²) in [5, 5.41) is 0. The van der Waals surface area contributed by atoms with Gasteiger partial charge in [0.1, 0.15) is 5.75 Å². The summed E-state index contributed by atoms with van der Waals surface area (Å²) in [5.41, 5.74) is 0.676. The number of carbonyl (C=O) groups is 2. The van der Waals surface area contributed by atoms with Gasteiger partial charge in [0.25, 0.3) is 0 Å². The van der Waals surface area contributed by atoms with Crippen LogP contribution in [0.5, 0.6) is 5.75 Å². The lowest BCUT2D eigenvalue weighted by molar-refractivity contribution is -0.121. The van der Waals surface area contributed by atoms with E-state index in [1.54, 1.807) is 25.3 Å². The summed E-state index contributed by atoms with van der Waals surface area (Å²) in [6, 6.07) is 5.36. The Balaban J connectivity index is 2.41. The molecule has 1 aromatic rings. The maximum absolute atomic E-state index is 11.6. The predicted molar refractivity (Wildman–Crippen MR) is 62.7 cm³/mol. The Bertz CT molecular complexity index is 459. The van der Waals surface area contributed by atoms with Gasteiger partial charge in [-0.3, -0.25) is 9.59 Å². The molecule has 2 rings (SSSR count). The van der Waals surface area contributed by atoms with Crippen LogP contribution in [0, 0.1) is 0 Å². The van der Waals surface area contributed by atoms with Gasteiger partial charge in [0.15, 0.2) is 5.78 Å². The zero-order valence-corrected chi connectivity index (χ0v) is 10.3. The van der Waals surface area contributed by atoms with Crippen LogP contribution in [0.2, 0.25) is 0 Å². The van der Waals surface area contributed by atoms with E-state index in [1.807, 2.05) is 0 Å². The van der Waals surface area contributed by atoms with Gasteiger partial charge in [0, 0.05) is 0 Å². The monoisotopic (exact) mass is 283 g/mol. The number of methoxy groups -OCH3 is 1. The molecular formula is C11H10BrNO3. The normalized spacial score (nSPS) is 15.8. The molecule has 0 aromatic heterocycles. The molecule has 0 spiro atoms. The van der Waals surface area contributed by atoms with Crippen molar-refractivity contribution in [2.75, 3.05) is 18.6 Å². The summed E-state index contributed by atoms with van der Waals surface area (Å²) >= 11 is 3.37. The minimum Gasteiger partial charge on any atom is -0.495 e. The van der Waals surface area contributed by atoms with E-state index in [0.717, 1.165) is 0 Å². The third kappa shape index (κ3) is 1.82. The van der Waals surface area contributed by atoms with Crippen molar-refractivity contribution in [2.45, 2.75) is 6.42 Å². The average Bonchev–Trinajstić information content (AvgIpc) is 2.58. The highest BCUT2D eigenvalue weighted by molar-refractivity contribution is 9.10. The number of ether oxygens (including phenoxy) is 1. The van der Waals surface area contributed by atoms with Crippen LogP contribution in [0.25, 0.3) is 0 Å². The second-order valence-electron chi connectivity index (χ2n) is 3.49. The minimum atomic E-state index is -0.168. The van der Waals surface area contributed by atoms with Crippen molar-refractivity contribution < 1.29 is 14.3 Å². The van der Waals surface area contributed by atoms with Crippen LogP contribution in [0.15, 0.2) is 22.7 Å². The SMILES string of the molecule is COc1cccc(N2CC(=O)CC2=O)c1Br. The third-order valence-electron chi connectivity index (χ3n) is 2.44. The molecule has 0 atom stereocenters. The van der Waals surface area contributed by atoms with Crippen molar-refractivity contribution in [3.8, 4) is 5.75 Å². The largest absolute Gasteiger partial charge is 0.495 e. The average molecular weight is 284 g/mol. The molecule has 1 heterocycles. The Labute approximate surface area is 101 Å². The van der Waals surface area contributed by atoms with Gasteiger partial charge in [0.05, 0.1) is 30.2 Å². The summed E-state index contributed by atoms with van der Waals surface area (Å²) in [4.78, 5) is 24.2.